The van der Waals surface area contributed by atoms with Gasteiger partial charge in [0.05, 0.1) is 12.2 Å². The molecule has 0 atom stereocenters. The van der Waals surface area contributed by atoms with Crippen LogP contribution in [0.5, 0.6) is 5.75 Å². The first kappa shape index (κ1) is 22.6. The summed E-state index contributed by atoms with van der Waals surface area (Å²) in [6, 6.07) is 13.4. The van der Waals surface area contributed by atoms with Crippen LogP contribution in [0.25, 0.3) is 5.57 Å². The van der Waals surface area contributed by atoms with Gasteiger partial charge in [-0.3, -0.25) is 14.5 Å². The first-order valence-corrected chi connectivity index (χ1v) is 10.8. The normalized spacial score (nSPS) is 14.3. The SMILES string of the molecule is Cc1ccc(C)c(NC2=C(c3ccc(OCC(C)C)cc3)C(=O)N(CC(C)C)C2=O)c1. The van der Waals surface area contributed by atoms with Gasteiger partial charge < -0.3 is 10.1 Å². The smallest absolute Gasteiger partial charge is 0.278 e. The van der Waals surface area contributed by atoms with Crippen molar-refractivity contribution in [2.75, 3.05) is 18.5 Å². The van der Waals surface area contributed by atoms with Gasteiger partial charge in [0.15, 0.2) is 0 Å². The van der Waals surface area contributed by atoms with Crippen LogP contribution in [0.3, 0.4) is 0 Å². The number of ether oxygens (including phenoxy) is 1. The van der Waals surface area contributed by atoms with Gasteiger partial charge in [-0.1, -0.05) is 52.0 Å². The molecule has 0 aliphatic carbocycles. The molecule has 3 rings (SSSR count). The lowest BCUT2D eigenvalue weighted by molar-refractivity contribution is -0.137. The van der Waals surface area contributed by atoms with Crippen LogP contribution in [0, 0.1) is 25.7 Å². The molecule has 5 nitrogen and oxygen atoms in total. The van der Waals surface area contributed by atoms with Crippen molar-refractivity contribution in [3.63, 3.8) is 0 Å². The minimum Gasteiger partial charge on any atom is -0.493 e. The molecule has 1 aliphatic heterocycles. The van der Waals surface area contributed by atoms with Crippen molar-refractivity contribution in [2.24, 2.45) is 11.8 Å². The Morgan fingerprint density at radius 2 is 1.58 bits per heavy atom. The second-order valence-corrected chi connectivity index (χ2v) is 9.04. The summed E-state index contributed by atoms with van der Waals surface area (Å²) in [6.45, 7) is 13.2. The van der Waals surface area contributed by atoms with E-state index in [9.17, 15) is 9.59 Å². The molecule has 164 valence electrons. The highest BCUT2D eigenvalue weighted by Crippen LogP contribution is 2.32. The highest BCUT2D eigenvalue weighted by atomic mass is 16.5. The van der Waals surface area contributed by atoms with Crippen molar-refractivity contribution in [1.29, 1.82) is 0 Å². The number of nitrogens with zero attached hydrogens (tertiary/aromatic N) is 1. The van der Waals surface area contributed by atoms with Gasteiger partial charge >= 0.3 is 0 Å². The molecule has 1 heterocycles. The summed E-state index contributed by atoms with van der Waals surface area (Å²) < 4.78 is 5.76. The summed E-state index contributed by atoms with van der Waals surface area (Å²) in [7, 11) is 0. The lowest BCUT2D eigenvalue weighted by atomic mass is 10.0. The quantitative estimate of drug-likeness (QED) is 0.598. The van der Waals surface area contributed by atoms with Crippen LogP contribution in [-0.2, 0) is 9.59 Å². The first-order valence-electron chi connectivity index (χ1n) is 10.8. The number of amides is 2. The van der Waals surface area contributed by atoms with Gasteiger partial charge in [0.25, 0.3) is 11.8 Å². The molecule has 0 fully saturated rings. The minimum absolute atomic E-state index is 0.181. The van der Waals surface area contributed by atoms with Crippen molar-refractivity contribution in [3.8, 4) is 5.75 Å². The van der Waals surface area contributed by atoms with Gasteiger partial charge in [0, 0.05) is 12.2 Å². The number of benzene rings is 2. The van der Waals surface area contributed by atoms with Crippen LogP contribution in [0.15, 0.2) is 48.2 Å². The van der Waals surface area contributed by atoms with E-state index >= 15 is 0 Å². The second kappa shape index (κ2) is 9.38. The predicted molar refractivity (Wildman–Crippen MR) is 125 cm³/mol. The van der Waals surface area contributed by atoms with Gasteiger partial charge in [0.2, 0.25) is 0 Å². The average molecular weight is 421 g/mol. The Hall–Kier alpha value is -3.08. The van der Waals surface area contributed by atoms with Crippen molar-refractivity contribution in [2.45, 2.75) is 41.5 Å². The zero-order valence-electron chi connectivity index (χ0n) is 19.3. The highest BCUT2D eigenvalue weighted by molar-refractivity contribution is 6.36. The largest absolute Gasteiger partial charge is 0.493 e. The Morgan fingerprint density at radius 1 is 0.903 bits per heavy atom. The van der Waals surface area contributed by atoms with Crippen LogP contribution in [0.1, 0.15) is 44.4 Å². The molecule has 1 N–H and O–H groups in total. The number of nitrogens with one attached hydrogen (secondary N) is 1. The topological polar surface area (TPSA) is 58.6 Å². The number of carbonyl (C=O) groups is 2. The number of anilines is 1. The van der Waals surface area contributed by atoms with Crippen molar-refractivity contribution < 1.29 is 14.3 Å². The number of hydrogen-bond acceptors (Lipinski definition) is 4. The van der Waals surface area contributed by atoms with Crippen LogP contribution >= 0.6 is 0 Å². The Labute approximate surface area is 185 Å². The van der Waals surface area contributed by atoms with E-state index in [1.54, 1.807) is 0 Å². The fourth-order valence-corrected chi connectivity index (χ4v) is 3.48. The lowest BCUT2D eigenvalue weighted by Gasteiger charge is -2.17. The summed E-state index contributed by atoms with van der Waals surface area (Å²) in [6.07, 6.45) is 0. The zero-order valence-corrected chi connectivity index (χ0v) is 19.3. The first-order chi connectivity index (χ1) is 14.7. The Morgan fingerprint density at radius 3 is 2.19 bits per heavy atom. The number of hydrogen-bond donors (Lipinski definition) is 1. The van der Waals surface area contributed by atoms with Crippen molar-refractivity contribution in [1.82, 2.24) is 4.90 Å². The summed E-state index contributed by atoms with van der Waals surface area (Å²) in [4.78, 5) is 27.9. The third kappa shape index (κ3) is 5.16. The molecule has 2 aromatic carbocycles. The molecular weight excluding hydrogens is 388 g/mol. The van der Waals surface area contributed by atoms with Gasteiger partial charge in [-0.15, -0.1) is 0 Å². The summed E-state index contributed by atoms with van der Waals surface area (Å²) in [5, 5.41) is 3.27. The molecule has 0 radical (unpaired) electrons. The molecule has 0 spiro atoms. The summed E-state index contributed by atoms with van der Waals surface area (Å²) in [5.41, 5.74) is 4.36. The number of carbonyl (C=O) groups excluding carboxylic acids is 2. The van der Waals surface area contributed by atoms with E-state index in [0.717, 1.165) is 22.6 Å². The Balaban J connectivity index is 2.00. The van der Waals surface area contributed by atoms with Gasteiger partial charge in [-0.2, -0.15) is 0 Å². The lowest BCUT2D eigenvalue weighted by Crippen LogP contribution is -2.35. The maximum atomic E-state index is 13.3. The van der Waals surface area contributed by atoms with Crippen LogP contribution in [0.4, 0.5) is 5.69 Å². The highest BCUT2D eigenvalue weighted by Gasteiger charge is 2.39. The standard InChI is InChI=1S/C26H32N2O3/c1-16(2)14-28-25(29)23(20-9-11-21(12-10-20)31-15-17(3)4)24(26(28)30)27-22-13-18(5)7-8-19(22)6/h7-13,16-17,27H,14-15H2,1-6H3. The molecule has 1 aliphatic rings. The van der Waals surface area contributed by atoms with Crippen LogP contribution in [0.2, 0.25) is 0 Å². The van der Waals surface area contributed by atoms with Crippen molar-refractivity contribution in [3.05, 3.63) is 64.9 Å². The molecule has 5 heteroatoms. The molecule has 2 amide bonds. The second-order valence-electron chi connectivity index (χ2n) is 9.04. The molecule has 0 saturated heterocycles. The van der Waals surface area contributed by atoms with E-state index in [2.05, 4.69) is 19.2 Å². The monoisotopic (exact) mass is 420 g/mol. The molecule has 0 bridgehead atoms. The zero-order chi connectivity index (χ0) is 22.7. The summed E-state index contributed by atoms with van der Waals surface area (Å²) in [5.74, 6) is 0.811. The fraction of sp³-hybridized carbons (Fsp3) is 0.385. The van der Waals surface area contributed by atoms with Crippen LogP contribution < -0.4 is 10.1 Å². The third-order valence-corrected chi connectivity index (χ3v) is 5.09. The maximum Gasteiger partial charge on any atom is 0.278 e. The van der Waals surface area contributed by atoms with E-state index in [-0.39, 0.29) is 17.7 Å². The summed E-state index contributed by atoms with van der Waals surface area (Å²) >= 11 is 0. The average Bonchev–Trinajstić information content (AvgIpc) is 2.93. The van der Waals surface area contributed by atoms with Gasteiger partial charge in [0.1, 0.15) is 11.4 Å². The Bertz CT molecular complexity index is 1000. The molecule has 2 aromatic rings. The van der Waals surface area contributed by atoms with Gasteiger partial charge in [-0.25, -0.2) is 0 Å². The van der Waals surface area contributed by atoms with E-state index in [4.69, 9.17) is 4.74 Å². The van der Waals surface area contributed by atoms with Crippen LogP contribution in [-0.4, -0.2) is 29.9 Å². The number of imide groups is 1. The maximum absolute atomic E-state index is 13.3. The number of rotatable bonds is 8. The predicted octanol–water partition coefficient (Wildman–Crippen LogP) is 5.19. The van der Waals surface area contributed by atoms with E-state index in [1.807, 2.05) is 70.2 Å². The molecular formula is C26H32N2O3. The van der Waals surface area contributed by atoms with Crippen molar-refractivity contribution >= 4 is 23.1 Å². The Kier molecular flexibility index (Phi) is 6.84. The van der Waals surface area contributed by atoms with E-state index < -0.39 is 0 Å². The third-order valence-electron chi connectivity index (χ3n) is 5.09. The van der Waals surface area contributed by atoms with Gasteiger partial charge in [-0.05, 0) is 60.6 Å². The fourth-order valence-electron chi connectivity index (χ4n) is 3.48. The molecule has 0 saturated carbocycles. The van der Waals surface area contributed by atoms with E-state index in [0.29, 0.717) is 35.9 Å². The van der Waals surface area contributed by atoms with E-state index in [1.165, 1.54) is 4.90 Å². The molecule has 0 aromatic heterocycles. The molecule has 31 heavy (non-hydrogen) atoms. The number of aryl methyl sites for hydroxylation is 2. The minimum atomic E-state index is -0.283. The molecule has 0 unspecified atom stereocenters.